The molecule has 5 nitrogen and oxygen atoms in total. The smallest absolute Gasteiger partial charge is 0.162 e. The zero-order valence-electron chi connectivity index (χ0n) is 8.55. The van der Waals surface area contributed by atoms with Gasteiger partial charge in [0.25, 0.3) is 0 Å². The highest BCUT2D eigenvalue weighted by Crippen LogP contribution is 2.28. The Morgan fingerprint density at radius 1 is 1.06 bits per heavy atom. The SMILES string of the molecule is O[C@H]1[C@H](O)[C@@H](O)C(n2cccc2)O[C@@H]1CS. The summed E-state index contributed by atoms with van der Waals surface area (Å²) in [6.07, 6.45) is -1.31. The minimum absolute atomic E-state index is 0.280. The number of thiol groups is 1. The number of rotatable bonds is 2. The van der Waals surface area contributed by atoms with Crippen molar-refractivity contribution in [3.05, 3.63) is 24.5 Å². The van der Waals surface area contributed by atoms with E-state index in [1.54, 1.807) is 29.1 Å². The molecule has 0 aromatic carbocycles. The van der Waals surface area contributed by atoms with Crippen LogP contribution in [0.3, 0.4) is 0 Å². The quantitative estimate of drug-likeness (QED) is 0.525. The minimum atomic E-state index is -1.22. The third kappa shape index (κ3) is 1.99. The molecule has 2 heterocycles. The van der Waals surface area contributed by atoms with E-state index < -0.39 is 30.6 Å². The van der Waals surface area contributed by atoms with Gasteiger partial charge in [-0.25, -0.2) is 0 Å². The topological polar surface area (TPSA) is 74.9 Å². The Morgan fingerprint density at radius 3 is 2.25 bits per heavy atom. The standard InChI is InChI=1S/C10H15NO4S/c12-7-6(5-16)15-10(9(14)8(7)13)11-3-1-2-4-11/h1-4,6-10,12-14,16H,5H2/t6-,7-,8+,9-,10?/m1/s1. The highest BCUT2D eigenvalue weighted by Gasteiger charge is 2.43. The molecule has 0 radical (unpaired) electrons. The monoisotopic (exact) mass is 245 g/mol. The average Bonchev–Trinajstić information content (AvgIpc) is 2.80. The Labute approximate surface area is 98.7 Å². The van der Waals surface area contributed by atoms with Crippen LogP contribution in [-0.2, 0) is 4.74 Å². The van der Waals surface area contributed by atoms with Gasteiger partial charge >= 0.3 is 0 Å². The van der Waals surface area contributed by atoms with Gasteiger partial charge < -0.3 is 24.6 Å². The van der Waals surface area contributed by atoms with Crippen molar-refractivity contribution in [2.24, 2.45) is 0 Å². The van der Waals surface area contributed by atoms with Crippen molar-refractivity contribution in [1.29, 1.82) is 0 Å². The largest absolute Gasteiger partial charge is 0.388 e. The molecular weight excluding hydrogens is 230 g/mol. The van der Waals surface area contributed by atoms with Crippen molar-refractivity contribution >= 4 is 12.6 Å². The van der Waals surface area contributed by atoms with Crippen LogP contribution < -0.4 is 0 Å². The molecule has 1 aliphatic heterocycles. The van der Waals surface area contributed by atoms with Crippen LogP contribution in [0.25, 0.3) is 0 Å². The van der Waals surface area contributed by atoms with Crippen molar-refractivity contribution in [2.75, 3.05) is 5.75 Å². The molecule has 1 unspecified atom stereocenters. The Morgan fingerprint density at radius 2 is 1.69 bits per heavy atom. The summed E-state index contributed by atoms with van der Waals surface area (Å²) in [7, 11) is 0. The van der Waals surface area contributed by atoms with E-state index in [0.717, 1.165) is 0 Å². The molecule has 0 aliphatic carbocycles. The van der Waals surface area contributed by atoms with Gasteiger partial charge in [-0.2, -0.15) is 12.6 Å². The van der Waals surface area contributed by atoms with Gasteiger partial charge in [0.2, 0.25) is 0 Å². The maximum absolute atomic E-state index is 9.81. The Kier molecular flexibility index (Phi) is 3.56. The van der Waals surface area contributed by atoms with Gasteiger partial charge in [-0.3, -0.25) is 0 Å². The average molecular weight is 245 g/mol. The number of nitrogens with zero attached hydrogens (tertiary/aromatic N) is 1. The molecule has 1 fully saturated rings. The van der Waals surface area contributed by atoms with Crippen molar-refractivity contribution in [3.8, 4) is 0 Å². The van der Waals surface area contributed by atoms with Crippen LogP contribution in [0.15, 0.2) is 24.5 Å². The number of hydrogen-bond acceptors (Lipinski definition) is 5. The number of hydrogen-bond donors (Lipinski definition) is 4. The molecule has 90 valence electrons. The lowest BCUT2D eigenvalue weighted by atomic mass is 9.99. The van der Waals surface area contributed by atoms with Crippen LogP contribution in [0.4, 0.5) is 0 Å². The lowest BCUT2D eigenvalue weighted by Crippen LogP contribution is -2.55. The van der Waals surface area contributed by atoms with Crippen molar-refractivity contribution in [3.63, 3.8) is 0 Å². The lowest BCUT2D eigenvalue weighted by Gasteiger charge is -2.40. The molecule has 2 rings (SSSR count). The molecule has 0 amide bonds. The predicted molar refractivity (Wildman–Crippen MR) is 60.2 cm³/mol. The summed E-state index contributed by atoms with van der Waals surface area (Å²) >= 11 is 4.04. The van der Waals surface area contributed by atoms with Gasteiger partial charge in [0, 0.05) is 18.1 Å². The minimum Gasteiger partial charge on any atom is -0.388 e. The third-order valence-corrected chi connectivity index (χ3v) is 3.15. The first-order chi connectivity index (χ1) is 7.65. The zero-order chi connectivity index (χ0) is 11.7. The van der Waals surface area contributed by atoms with Crippen molar-refractivity contribution in [2.45, 2.75) is 30.6 Å². The fourth-order valence-electron chi connectivity index (χ4n) is 1.85. The van der Waals surface area contributed by atoms with Crippen LogP contribution in [0.5, 0.6) is 0 Å². The summed E-state index contributed by atoms with van der Waals surface area (Å²) < 4.78 is 7.15. The second-order valence-corrected chi connectivity index (χ2v) is 4.21. The molecule has 1 aromatic rings. The van der Waals surface area contributed by atoms with Gasteiger partial charge in [0.1, 0.15) is 18.3 Å². The van der Waals surface area contributed by atoms with Crippen LogP contribution in [0.1, 0.15) is 6.23 Å². The molecule has 1 aliphatic rings. The van der Waals surface area contributed by atoms with Gasteiger partial charge in [-0.05, 0) is 12.1 Å². The number of ether oxygens (including phenoxy) is 1. The number of aliphatic hydroxyl groups excluding tert-OH is 3. The van der Waals surface area contributed by atoms with Crippen LogP contribution in [-0.4, -0.2) is 50.1 Å². The Bertz CT molecular complexity index is 330. The van der Waals surface area contributed by atoms with E-state index in [1.165, 1.54) is 0 Å². The fraction of sp³-hybridized carbons (Fsp3) is 0.600. The maximum atomic E-state index is 9.81. The molecule has 1 saturated heterocycles. The maximum Gasteiger partial charge on any atom is 0.162 e. The van der Waals surface area contributed by atoms with E-state index in [9.17, 15) is 15.3 Å². The summed E-state index contributed by atoms with van der Waals surface area (Å²) in [4.78, 5) is 0. The second kappa shape index (κ2) is 4.77. The highest BCUT2D eigenvalue weighted by molar-refractivity contribution is 7.80. The van der Waals surface area contributed by atoms with Crippen LogP contribution >= 0.6 is 12.6 Å². The molecule has 0 saturated carbocycles. The molecule has 1 aromatic heterocycles. The van der Waals surface area contributed by atoms with Crippen molar-refractivity contribution < 1.29 is 20.1 Å². The second-order valence-electron chi connectivity index (χ2n) is 3.85. The summed E-state index contributed by atoms with van der Waals surface area (Å²) in [6.45, 7) is 0. The zero-order valence-corrected chi connectivity index (χ0v) is 9.44. The third-order valence-electron chi connectivity index (χ3n) is 2.79. The Hall–Kier alpha value is -0.530. The van der Waals surface area contributed by atoms with E-state index >= 15 is 0 Å². The fourth-order valence-corrected chi connectivity index (χ4v) is 2.15. The van der Waals surface area contributed by atoms with E-state index in [0.29, 0.717) is 0 Å². The van der Waals surface area contributed by atoms with E-state index in [2.05, 4.69) is 12.6 Å². The molecule has 3 N–H and O–H groups in total. The molecule has 0 bridgehead atoms. The van der Waals surface area contributed by atoms with E-state index in [4.69, 9.17) is 4.74 Å². The first-order valence-corrected chi connectivity index (χ1v) is 5.71. The highest BCUT2D eigenvalue weighted by atomic mass is 32.1. The molecule has 6 heteroatoms. The Balaban J connectivity index is 2.20. The van der Waals surface area contributed by atoms with Gasteiger partial charge in [0.05, 0.1) is 6.10 Å². The van der Waals surface area contributed by atoms with Crippen molar-refractivity contribution in [1.82, 2.24) is 4.57 Å². The summed E-state index contributed by atoms with van der Waals surface area (Å²) in [5, 5.41) is 29.1. The molecule has 16 heavy (non-hydrogen) atoms. The van der Waals surface area contributed by atoms with Gasteiger partial charge in [-0.1, -0.05) is 0 Å². The number of aliphatic hydroxyl groups is 3. The lowest BCUT2D eigenvalue weighted by molar-refractivity contribution is -0.238. The summed E-state index contributed by atoms with van der Waals surface area (Å²) in [6, 6.07) is 3.59. The molecular formula is C10H15NO4S. The normalized spacial score (nSPS) is 39.9. The molecule has 0 spiro atoms. The van der Waals surface area contributed by atoms with Crippen LogP contribution in [0, 0.1) is 0 Å². The summed E-state index contributed by atoms with van der Waals surface area (Å²) in [5.41, 5.74) is 0. The van der Waals surface area contributed by atoms with E-state index in [-0.39, 0.29) is 5.75 Å². The van der Waals surface area contributed by atoms with E-state index in [1.807, 2.05) is 0 Å². The summed E-state index contributed by atoms with van der Waals surface area (Å²) in [5.74, 6) is 0.280. The van der Waals surface area contributed by atoms with Gasteiger partial charge in [-0.15, -0.1) is 0 Å². The van der Waals surface area contributed by atoms with Gasteiger partial charge in [0.15, 0.2) is 6.23 Å². The first-order valence-electron chi connectivity index (χ1n) is 5.08. The number of aromatic nitrogens is 1. The first kappa shape index (κ1) is 11.9. The predicted octanol–water partition coefficient (Wildman–Crippen LogP) is -0.602. The molecule has 5 atom stereocenters. The van der Waals surface area contributed by atoms with Crippen LogP contribution in [0.2, 0.25) is 0 Å².